The summed E-state index contributed by atoms with van der Waals surface area (Å²) in [4.78, 5) is 23.1. The highest BCUT2D eigenvalue weighted by Crippen LogP contribution is 2.34. The van der Waals surface area contributed by atoms with Crippen LogP contribution in [0, 0.1) is 11.8 Å². The van der Waals surface area contributed by atoms with Crippen molar-refractivity contribution < 1.29 is 14.7 Å². The van der Waals surface area contributed by atoms with E-state index in [9.17, 15) is 9.59 Å². The average Bonchev–Trinajstić information content (AvgIpc) is 2.78. The van der Waals surface area contributed by atoms with Gasteiger partial charge in [0, 0.05) is 11.5 Å². The molecule has 0 amide bonds. The number of benzene rings is 1. The van der Waals surface area contributed by atoms with Gasteiger partial charge in [0.15, 0.2) is 5.78 Å². The van der Waals surface area contributed by atoms with Crippen LogP contribution in [0.5, 0.6) is 0 Å². The van der Waals surface area contributed by atoms with Crippen LogP contribution in [-0.2, 0) is 4.79 Å². The Morgan fingerprint density at radius 3 is 2.31 bits per heavy atom. The van der Waals surface area contributed by atoms with E-state index in [4.69, 9.17) is 5.11 Å². The van der Waals surface area contributed by atoms with Gasteiger partial charge in [0.25, 0.3) is 0 Å². The molecule has 16 heavy (non-hydrogen) atoms. The lowest BCUT2D eigenvalue weighted by atomic mass is 9.88. The fourth-order valence-electron chi connectivity index (χ4n) is 2.39. The fraction of sp³-hybridized carbons (Fsp3) is 0.385. The van der Waals surface area contributed by atoms with E-state index in [2.05, 4.69) is 0 Å². The Balaban J connectivity index is 2.19. The Labute approximate surface area is 94.1 Å². The third kappa shape index (κ3) is 1.98. The summed E-state index contributed by atoms with van der Waals surface area (Å²) in [6, 6.07) is 8.95. The van der Waals surface area contributed by atoms with E-state index in [1.807, 2.05) is 6.07 Å². The van der Waals surface area contributed by atoms with Crippen LogP contribution in [0.3, 0.4) is 0 Å². The molecule has 0 unspecified atom stereocenters. The zero-order valence-corrected chi connectivity index (χ0v) is 8.93. The van der Waals surface area contributed by atoms with Crippen molar-refractivity contribution >= 4 is 11.8 Å². The third-order valence-electron chi connectivity index (χ3n) is 3.23. The van der Waals surface area contributed by atoms with Crippen molar-refractivity contribution in [3.05, 3.63) is 35.9 Å². The maximum Gasteiger partial charge on any atom is 0.307 e. The maximum atomic E-state index is 12.1. The van der Waals surface area contributed by atoms with E-state index in [1.54, 1.807) is 24.3 Å². The molecule has 0 aliphatic heterocycles. The molecule has 0 heterocycles. The molecule has 3 nitrogen and oxygen atoms in total. The van der Waals surface area contributed by atoms with Crippen LogP contribution in [0.4, 0.5) is 0 Å². The van der Waals surface area contributed by atoms with Crippen LogP contribution in [0.1, 0.15) is 29.6 Å². The number of carboxylic acids is 1. The Hall–Kier alpha value is -1.64. The Bertz CT molecular complexity index is 397. The van der Waals surface area contributed by atoms with Gasteiger partial charge >= 0.3 is 5.97 Å². The van der Waals surface area contributed by atoms with Crippen LogP contribution >= 0.6 is 0 Å². The first kappa shape index (κ1) is 10.9. The van der Waals surface area contributed by atoms with Crippen molar-refractivity contribution in [2.45, 2.75) is 19.3 Å². The van der Waals surface area contributed by atoms with Crippen LogP contribution in [-0.4, -0.2) is 16.9 Å². The van der Waals surface area contributed by atoms with Crippen molar-refractivity contribution in [1.29, 1.82) is 0 Å². The number of carbonyl (C=O) groups excluding carboxylic acids is 1. The Morgan fingerprint density at radius 1 is 1.06 bits per heavy atom. The minimum absolute atomic E-state index is 0.0227. The number of rotatable bonds is 3. The number of carboxylic acid groups (broad SMARTS) is 1. The molecule has 2 atom stereocenters. The summed E-state index contributed by atoms with van der Waals surface area (Å²) in [5, 5.41) is 9.03. The van der Waals surface area contributed by atoms with Gasteiger partial charge in [-0.25, -0.2) is 0 Å². The van der Waals surface area contributed by atoms with Crippen LogP contribution in [0.15, 0.2) is 30.3 Å². The highest BCUT2D eigenvalue weighted by Gasteiger charge is 2.37. The van der Waals surface area contributed by atoms with Gasteiger partial charge in [-0.15, -0.1) is 0 Å². The monoisotopic (exact) mass is 218 g/mol. The van der Waals surface area contributed by atoms with Crippen molar-refractivity contribution in [2.24, 2.45) is 11.8 Å². The molecule has 0 aromatic heterocycles. The quantitative estimate of drug-likeness (QED) is 0.792. The molecule has 1 fully saturated rings. The molecule has 1 saturated carbocycles. The van der Waals surface area contributed by atoms with E-state index in [0.717, 1.165) is 6.42 Å². The molecule has 84 valence electrons. The zero-order valence-electron chi connectivity index (χ0n) is 8.93. The third-order valence-corrected chi connectivity index (χ3v) is 3.23. The van der Waals surface area contributed by atoms with Gasteiger partial charge < -0.3 is 5.11 Å². The predicted octanol–water partition coefficient (Wildman–Crippen LogP) is 2.37. The van der Waals surface area contributed by atoms with Crippen molar-refractivity contribution in [1.82, 2.24) is 0 Å². The molecule has 0 radical (unpaired) electrons. The summed E-state index contributed by atoms with van der Waals surface area (Å²) in [6.07, 6.45) is 2.16. The molecule has 0 saturated heterocycles. The molecular formula is C13H14O3. The number of aliphatic carboxylic acids is 1. The standard InChI is InChI=1S/C13H14O3/c14-12(9-5-2-1-3-6-9)10-7-4-8-11(10)13(15)16/h1-3,5-6,10-11H,4,7-8H2,(H,15,16)/t10-,11-/m1/s1. The smallest absolute Gasteiger partial charge is 0.307 e. The second kappa shape index (κ2) is 4.47. The Morgan fingerprint density at radius 2 is 1.69 bits per heavy atom. The molecule has 0 spiro atoms. The molecule has 2 rings (SSSR count). The van der Waals surface area contributed by atoms with Crippen LogP contribution in [0.2, 0.25) is 0 Å². The normalized spacial score (nSPS) is 24.2. The van der Waals surface area contributed by atoms with Crippen molar-refractivity contribution in [2.75, 3.05) is 0 Å². The number of ketones is 1. The van der Waals surface area contributed by atoms with Crippen LogP contribution < -0.4 is 0 Å². The largest absolute Gasteiger partial charge is 0.481 e. The van der Waals surface area contributed by atoms with E-state index in [0.29, 0.717) is 18.4 Å². The topological polar surface area (TPSA) is 54.4 Å². The number of hydrogen-bond acceptors (Lipinski definition) is 2. The minimum Gasteiger partial charge on any atom is -0.481 e. The first-order valence-corrected chi connectivity index (χ1v) is 5.52. The fourth-order valence-corrected chi connectivity index (χ4v) is 2.39. The molecule has 1 aromatic rings. The van der Waals surface area contributed by atoms with Crippen LogP contribution in [0.25, 0.3) is 0 Å². The van der Waals surface area contributed by atoms with E-state index in [-0.39, 0.29) is 11.7 Å². The lowest BCUT2D eigenvalue weighted by Gasteiger charge is -2.14. The number of Topliss-reactive ketones (excluding diaryl/α,β-unsaturated/α-hetero) is 1. The average molecular weight is 218 g/mol. The molecule has 0 bridgehead atoms. The van der Waals surface area contributed by atoms with Gasteiger partial charge in [-0.2, -0.15) is 0 Å². The van der Waals surface area contributed by atoms with Gasteiger partial charge in [0.05, 0.1) is 5.92 Å². The van der Waals surface area contributed by atoms with Gasteiger partial charge in [-0.1, -0.05) is 36.8 Å². The summed E-state index contributed by atoms with van der Waals surface area (Å²) in [6.45, 7) is 0. The summed E-state index contributed by atoms with van der Waals surface area (Å²) in [7, 11) is 0. The summed E-state index contributed by atoms with van der Waals surface area (Å²) in [5.74, 6) is -1.69. The summed E-state index contributed by atoms with van der Waals surface area (Å²) >= 11 is 0. The lowest BCUT2D eigenvalue weighted by Crippen LogP contribution is -2.25. The Kier molecular flexibility index (Phi) is 3.04. The lowest BCUT2D eigenvalue weighted by molar-refractivity contribution is -0.142. The first-order chi connectivity index (χ1) is 7.70. The van der Waals surface area contributed by atoms with E-state index in [1.165, 1.54) is 0 Å². The molecule has 1 aliphatic rings. The minimum atomic E-state index is -0.841. The molecule has 1 aliphatic carbocycles. The summed E-state index contributed by atoms with van der Waals surface area (Å²) in [5.41, 5.74) is 0.626. The van der Waals surface area contributed by atoms with Crippen molar-refractivity contribution in [3.63, 3.8) is 0 Å². The SMILES string of the molecule is O=C(O)[C@@H]1CCC[C@H]1C(=O)c1ccccc1. The van der Waals surface area contributed by atoms with Gasteiger partial charge in [0.1, 0.15) is 0 Å². The second-order valence-corrected chi connectivity index (χ2v) is 4.21. The van der Waals surface area contributed by atoms with E-state index >= 15 is 0 Å². The zero-order chi connectivity index (χ0) is 11.5. The number of carbonyl (C=O) groups is 2. The van der Waals surface area contributed by atoms with Gasteiger partial charge in [-0.3, -0.25) is 9.59 Å². The van der Waals surface area contributed by atoms with Gasteiger partial charge in [0.2, 0.25) is 0 Å². The molecule has 1 N–H and O–H groups in total. The first-order valence-electron chi connectivity index (χ1n) is 5.52. The van der Waals surface area contributed by atoms with Gasteiger partial charge in [-0.05, 0) is 12.8 Å². The van der Waals surface area contributed by atoms with Crippen molar-refractivity contribution in [3.8, 4) is 0 Å². The molecular weight excluding hydrogens is 204 g/mol. The predicted molar refractivity (Wildman–Crippen MR) is 59.2 cm³/mol. The maximum absolute atomic E-state index is 12.1. The summed E-state index contributed by atoms with van der Waals surface area (Å²) < 4.78 is 0. The molecule has 1 aromatic carbocycles. The highest BCUT2D eigenvalue weighted by molar-refractivity contribution is 6.00. The molecule has 3 heteroatoms. The highest BCUT2D eigenvalue weighted by atomic mass is 16.4. The second-order valence-electron chi connectivity index (χ2n) is 4.21. The number of hydrogen-bond donors (Lipinski definition) is 1. The van der Waals surface area contributed by atoms with E-state index < -0.39 is 11.9 Å².